The van der Waals surface area contributed by atoms with Crippen LogP contribution < -0.4 is 20.7 Å². The molecule has 164 valence electrons. The van der Waals surface area contributed by atoms with Crippen molar-refractivity contribution in [2.75, 3.05) is 23.8 Å². The van der Waals surface area contributed by atoms with E-state index < -0.39 is 6.10 Å². The molecule has 8 heteroatoms. The second-order valence-corrected chi connectivity index (χ2v) is 7.49. The van der Waals surface area contributed by atoms with Gasteiger partial charge in [-0.2, -0.15) is 0 Å². The lowest BCUT2D eigenvalue weighted by Gasteiger charge is -2.12. The van der Waals surface area contributed by atoms with Gasteiger partial charge >= 0.3 is 0 Å². The van der Waals surface area contributed by atoms with Gasteiger partial charge in [0, 0.05) is 23.5 Å². The van der Waals surface area contributed by atoms with Gasteiger partial charge in [-0.25, -0.2) is 0 Å². The average Bonchev–Trinajstić information content (AvgIpc) is 3.29. The van der Waals surface area contributed by atoms with E-state index in [2.05, 4.69) is 16.0 Å². The molecule has 2 aromatic carbocycles. The Morgan fingerprint density at radius 1 is 1.00 bits per heavy atom. The maximum Gasteiger partial charge on any atom is 0.253 e. The number of carbonyl (C=O) groups excluding carboxylic acids is 3. The molecule has 0 saturated carbocycles. The Balaban J connectivity index is 1.43. The molecular weight excluding hydrogens is 398 g/mol. The number of hydrogen-bond donors (Lipinski definition) is 3. The molecule has 2 aromatic rings. The van der Waals surface area contributed by atoms with Gasteiger partial charge in [-0.3, -0.25) is 14.4 Å². The van der Waals surface area contributed by atoms with E-state index in [0.29, 0.717) is 29.3 Å². The Morgan fingerprint density at radius 3 is 2.23 bits per heavy atom. The third-order valence-electron chi connectivity index (χ3n) is 4.56. The number of carbonyl (C=O) groups is 3. The normalized spacial score (nSPS) is 15.4. The number of benzene rings is 2. The minimum Gasteiger partial charge on any atom is -0.491 e. The van der Waals surface area contributed by atoms with E-state index in [1.54, 1.807) is 48.5 Å². The first-order valence-electron chi connectivity index (χ1n) is 10.3. The van der Waals surface area contributed by atoms with Gasteiger partial charge in [-0.1, -0.05) is 0 Å². The summed E-state index contributed by atoms with van der Waals surface area (Å²) in [5.41, 5.74) is 1.62. The van der Waals surface area contributed by atoms with Crippen LogP contribution in [0.25, 0.3) is 0 Å². The third-order valence-corrected chi connectivity index (χ3v) is 4.56. The first kappa shape index (κ1) is 22.3. The molecule has 3 N–H and O–H groups in total. The van der Waals surface area contributed by atoms with Crippen molar-refractivity contribution in [3.05, 3.63) is 54.1 Å². The first-order chi connectivity index (χ1) is 14.9. The molecule has 8 nitrogen and oxygen atoms in total. The molecule has 0 radical (unpaired) electrons. The summed E-state index contributed by atoms with van der Waals surface area (Å²) < 4.78 is 10.9. The predicted molar refractivity (Wildman–Crippen MR) is 117 cm³/mol. The molecule has 0 aliphatic carbocycles. The summed E-state index contributed by atoms with van der Waals surface area (Å²) >= 11 is 0. The van der Waals surface area contributed by atoms with Crippen molar-refractivity contribution < 1.29 is 23.9 Å². The number of amides is 3. The second kappa shape index (κ2) is 10.6. The Hall–Kier alpha value is -3.39. The predicted octanol–water partition coefficient (Wildman–Crippen LogP) is 2.96. The van der Waals surface area contributed by atoms with Crippen molar-refractivity contribution in [3.8, 4) is 5.75 Å². The Kier molecular flexibility index (Phi) is 7.61. The van der Waals surface area contributed by atoms with Crippen LogP contribution in [0.3, 0.4) is 0 Å². The van der Waals surface area contributed by atoms with E-state index in [-0.39, 0.29) is 30.4 Å². The summed E-state index contributed by atoms with van der Waals surface area (Å²) in [6.07, 6.45) is 1.26. The fraction of sp³-hybridized carbons (Fsp3) is 0.348. The van der Waals surface area contributed by atoms with Crippen LogP contribution in [0, 0.1) is 0 Å². The van der Waals surface area contributed by atoms with Gasteiger partial charge in [-0.05, 0) is 75.2 Å². The van der Waals surface area contributed by atoms with E-state index in [1.807, 2.05) is 13.8 Å². The highest BCUT2D eigenvalue weighted by atomic mass is 16.5. The number of ether oxygens (including phenoxy) is 2. The van der Waals surface area contributed by atoms with Crippen molar-refractivity contribution in [2.24, 2.45) is 0 Å². The molecule has 0 spiro atoms. The molecular formula is C23H27N3O5. The zero-order valence-corrected chi connectivity index (χ0v) is 17.6. The van der Waals surface area contributed by atoms with Crippen LogP contribution in [0.1, 0.15) is 37.0 Å². The van der Waals surface area contributed by atoms with Gasteiger partial charge < -0.3 is 25.4 Å². The van der Waals surface area contributed by atoms with Crippen LogP contribution >= 0.6 is 0 Å². The molecule has 31 heavy (non-hydrogen) atoms. The third kappa shape index (κ3) is 6.82. The summed E-state index contributed by atoms with van der Waals surface area (Å²) in [6, 6.07) is 13.5. The highest BCUT2D eigenvalue weighted by molar-refractivity contribution is 5.99. The second-order valence-electron chi connectivity index (χ2n) is 7.49. The zero-order valence-electron chi connectivity index (χ0n) is 17.6. The van der Waals surface area contributed by atoms with Crippen molar-refractivity contribution in [1.82, 2.24) is 5.32 Å². The minimum atomic E-state index is -0.401. The Labute approximate surface area is 181 Å². The van der Waals surface area contributed by atoms with Crippen molar-refractivity contribution in [1.29, 1.82) is 0 Å². The van der Waals surface area contributed by atoms with Gasteiger partial charge in [0.25, 0.3) is 11.8 Å². The van der Waals surface area contributed by atoms with Gasteiger partial charge in [0.1, 0.15) is 11.9 Å². The topological polar surface area (TPSA) is 106 Å². The summed E-state index contributed by atoms with van der Waals surface area (Å²) in [7, 11) is 0. The zero-order chi connectivity index (χ0) is 22.2. The molecule has 3 amide bonds. The lowest BCUT2D eigenvalue weighted by molar-refractivity contribution is -0.124. The molecule has 0 bridgehead atoms. The fourth-order valence-electron chi connectivity index (χ4n) is 3.07. The van der Waals surface area contributed by atoms with E-state index in [0.717, 1.165) is 12.8 Å². The Morgan fingerprint density at radius 2 is 1.65 bits per heavy atom. The highest BCUT2D eigenvalue weighted by Gasteiger charge is 2.23. The minimum absolute atomic E-state index is 0.0509. The van der Waals surface area contributed by atoms with E-state index in [1.165, 1.54) is 0 Å². The van der Waals surface area contributed by atoms with Crippen LogP contribution in [-0.4, -0.2) is 43.1 Å². The maximum absolute atomic E-state index is 12.2. The summed E-state index contributed by atoms with van der Waals surface area (Å²) in [5, 5.41) is 8.08. The molecule has 1 heterocycles. The van der Waals surface area contributed by atoms with Crippen LogP contribution in [0.5, 0.6) is 5.75 Å². The Bertz CT molecular complexity index is 904. The van der Waals surface area contributed by atoms with Gasteiger partial charge in [-0.15, -0.1) is 0 Å². The summed E-state index contributed by atoms with van der Waals surface area (Å²) in [6.45, 7) is 4.29. The number of hydrogen-bond acceptors (Lipinski definition) is 5. The molecule has 1 aliphatic heterocycles. The number of nitrogens with one attached hydrogen (secondary N) is 3. The van der Waals surface area contributed by atoms with E-state index in [9.17, 15) is 14.4 Å². The van der Waals surface area contributed by atoms with Crippen LogP contribution in [0.4, 0.5) is 11.4 Å². The lowest BCUT2D eigenvalue weighted by atomic mass is 10.2. The summed E-state index contributed by atoms with van der Waals surface area (Å²) in [4.78, 5) is 36.4. The maximum atomic E-state index is 12.2. The first-order valence-corrected chi connectivity index (χ1v) is 10.3. The summed E-state index contributed by atoms with van der Waals surface area (Å²) in [5.74, 6) is -0.191. The molecule has 0 aromatic heterocycles. The molecule has 0 unspecified atom stereocenters. The van der Waals surface area contributed by atoms with Crippen molar-refractivity contribution in [3.63, 3.8) is 0 Å². The van der Waals surface area contributed by atoms with E-state index in [4.69, 9.17) is 9.47 Å². The van der Waals surface area contributed by atoms with E-state index >= 15 is 0 Å². The molecule has 1 fully saturated rings. The molecule has 1 aliphatic rings. The molecule has 1 atom stereocenters. The van der Waals surface area contributed by atoms with Gasteiger partial charge in [0.05, 0.1) is 12.6 Å². The smallest absolute Gasteiger partial charge is 0.253 e. The standard InChI is InChI=1S/C23H27N3O5/c1-15(2)31-19-11-5-16(6-12-19)22(28)24-14-21(27)25-17-7-9-18(10-8-17)26-23(29)20-4-3-13-30-20/h5-12,15,20H,3-4,13-14H2,1-2H3,(H,24,28)(H,25,27)(H,26,29)/t20-/m0/s1. The van der Waals surface area contributed by atoms with Crippen LogP contribution in [0.2, 0.25) is 0 Å². The number of rotatable bonds is 8. The average molecular weight is 425 g/mol. The monoisotopic (exact) mass is 425 g/mol. The number of anilines is 2. The highest BCUT2D eigenvalue weighted by Crippen LogP contribution is 2.17. The quantitative estimate of drug-likeness (QED) is 0.603. The van der Waals surface area contributed by atoms with Crippen molar-refractivity contribution >= 4 is 29.1 Å². The largest absolute Gasteiger partial charge is 0.491 e. The van der Waals surface area contributed by atoms with Crippen LogP contribution in [0.15, 0.2) is 48.5 Å². The molecule has 3 rings (SSSR count). The van der Waals surface area contributed by atoms with Gasteiger partial charge in [0.15, 0.2) is 0 Å². The van der Waals surface area contributed by atoms with Crippen LogP contribution in [-0.2, 0) is 14.3 Å². The SMILES string of the molecule is CC(C)Oc1ccc(C(=O)NCC(=O)Nc2ccc(NC(=O)[C@@H]3CCCO3)cc2)cc1. The molecule has 1 saturated heterocycles. The fourth-order valence-corrected chi connectivity index (χ4v) is 3.07. The lowest BCUT2D eigenvalue weighted by Crippen LogP contribution is -2.32. The van der Waals surface area contributed by atoms with Gasteiger partial charge in [0.2, 0.25) is 5.91 Å². The van der Waals surface area contributed by atoms with Crippen molar-refractivity contribution in [2.45, 2.75) is 38.9 Å².